The highest BCUT2D eigenvalue weighted by molar-refractivity contribution is 6.19. The summed E-state index contributed by atoms with van der Waals surface area (Å²) < 4.78 is 4.98. The molecule has 1 fully saturated rings. The Labute approximate surface area is 125 Å². The lowest BCUT2D eigenvalue weighted by atomic mass is 9.78. The largest absolute Gasteiger partial charge is 0.383 e. The number of nitrogens with zero attached hydrogens (tertiary/aromatic N) is 2. The first-order chi connectivity index (χ1) is 9.92. The highest BCUT2D eigenvalue weighted by Crippen LogP contribution is 2.32. The van der Waals surface area contributed by atoms with Crippen molar-refractivity contribution in [2.45, 2.75) is 26.7 Å². The summed E-state index contributed by atoms with van der Waals surface area (Å²) in [6.45, 7) is 5.69. The van der Waals surface area contributed by atoms with Gasteiger partial charge in [0.1, 0.15) is 5.41 Å². The van der Waals surface area contributed by atoms with Crippen LogP contribution in [0, 0.1) is 5.41 Å². The lowest BCUT2D eigenvalue weighted by Gasteiger charge is -2.38. The summed E-state index contributed by atoms with van der Waals surface area (Å²) in [7, 11) is 3.52. The summed E-state index contributed by atoms with van der Waals surface area (Å²) in [5.74, 6) is -0.868. The lowest BCUT2D eigenvalue weighted by Crippen LogP contribution is -2.64. The van der Waals surface area contributed by atoms with Gasteiger partial charge in [-0.25, -0.2) is 4.79 Å². The number of nitrogens with one attached hydrogen (secondary N) is 1. The Morgan fingerprint density at radius 1 is 1.19 bits per heavy atom. The van der Waals surface area contributed by atoms with Gasteiger partial charge in [-0.2, -0.15) is 0 Å². The van der Waals surface area contributed by atoms with Crippen molar-refractivity contribution in [2.75, 3.05) is 40.4 Å². The predicted octanol–water partition coefficient (Wildman–Crippen LogP) is 0.449. The minimum atomic E-state index is -1.11. The van der Waals surface area contributed by atoms with Gasteiger partial charge in [0.25, 0.3) is 0 Å². The fourth-order valence-corrected chi connectivity index (χ4v) is 2.44. The Bertz CT molecular complexity index is 407. The number of carbonyl (C=O) groups is 3. The normalized spacial score (nSPS) is 18.3. The highest BCUT2D eigenvalue weighted by Gasteiger charge is 2.51. The Hall–Kier alpha value is -1.47. The van der Waals surface area contributed by atoms with Gasteiger partial charge >= 0.3 is 6.03 Å². The minimum absolute atomic E-state index is 0.264. The molecule has 0 aromatic carbocycles. The Kier molecular flexibility index (Phi) is 6.29. The smallest absolute Gasteiger partial charge is 0.330 e. The maximum atomic E-state index is 12.6. The van der Waals surface area contributed by atoms with E-state index in [1.165, 1.54) is 0 Å². The van der Waals surface area contributed by atoms with Crippen molar-refractivity contribution in [3.05, 3.63) is 0 Å². The van der Waals surface area contributed by atoms with E-state index in [-0.39, 0.29) is 12.5 Å². The zero-order valence-electron chi connectivity index (χ0n) is 13.3. The van der Waals surface area contributed by atoms with Gasteiger partial charge in [0.2, 0.25) is 11.8 Å². The topological polar surface area (TPSA) is 79.0 Å². The van der Waals surface area contributed by atoms with E-state index in [0.29, 0.717) is 32.5 Å². The molecule has 120 valence electrons. The number of hydrogen-bond donors (Lipinski definition) is 1. The quantitative estimate of drug-likeness (QED) is 0.658. The van der Waals surface area contributed by atoms with Gasteiger partial charge < -0.3 is 9.64 Å². The molecule has 0 radical (unpaired) electrons. The minimum Gasteiger partial charge on any atom is -0.383 e. The van der Waals surface area contributed by atoms with Crippen LogP contribution in [0.2, 0.25) is 0 Å². The highest BCUT2D eigenvalue weighted by atomic mass is 16.5. The number of likely N-dealkylation sites (N-methyl/N-ethyl adjacent to an activating group) is 1. The fraction of sp³-hybridized carbons (Fsp3) is 0.786. The summed E-state index contributed by atoms with van der Waals surface area (Å²) in [5, 5.41) is 2.30. The molecule has 0 aromatic rings. The lowest BCUT2D eigenvalue weighted by molar-refractivity contribution is -0.152. The summed E-state index contributed by atoms with van der Waals surface area (Å²) >= 11 is 0. The fourth-order valence-electron chi connectivity index (χ4n) is 2.44. The molecule has 0 spiro atoms. The second kappa shape index (κ2) is 7.51. The van der Waals surface area contributed by atoms with E-state index in [1.807, 2.05) is 11.9 Å². The molecule has 1 heterocycles. The molecule has 1 saturated heterocycles. The average molecular weight is 299 g/mol. The summed E-state index contributed by atoms with van der Waals surface area (Å²) in [6.07, 6.45) is 0.773. The van der Waals surface area contributed by atoms with Crippen LogP contribution in [0.15, 0.2) is 0 Å². The van der Waals surface area contributed by atoms with Crippen molar-refractivity contribution in [1.82, 2.24) is 15.1 Å². The SMILES string of the molecule is CCC1(CC)C(=O)NC(=O)N(CCN(C)CCOC)C1=O. The monoisotopic (exact) mass is 299 g/mol. The van der Waals surface area contributed by atoms with Crippen molar-refractivity contribution < 1.29 is 19.1 Å². The first-order valence-electron chi connectivity index (χ1n) is 7.27. The first kappa shape index (κ1) is 17.6. The van der Waals surface area contributed by atoms with Gasteiger partial charge in [-0.15, -0.1) is 0 Å². The zero-order chi connectivity index (χ0) is 16.0. The van der Waals surface area contributed by atoms with Crippen molar-refractivity contribution in [2.24, 2.45) is 5.41 Å². The van der Waals surface area contributed by atoms with Crippen LogP contribution in [-0.4, -0.2) is 68.0 Å². The van der Waals surface area contributed by atoms with E-state index in [0.717, 1.165) is 4.90 Å². The van der Waals surface area contributed by atoms with Gasteiger partial charge in [-0.05, 0) is 19.9 Å². The van der Waals surface area contributed by atoms with E-state index in [9.17, 15) is 14.4 Å². The molecule has 1 aliphatic rings. The number of rotatable bonds is 8. The Morgan fingerprint density at radius 3 is 2.33 bits per heavy atom. The molecule has 0 unspecified atom stereocenters. The predicted molar refractivity (Wildman–Crippen MR) is 77.6 cm³/mol. The van der Waals surface area contributed by atoms with Crippen LogP contribution in [0.3, 0.4) is 0 Å². The number of hydrogen-bond acceptors (Lipinski definition) is 5. The molecule has 1 N–H and O–H groups in total. The van der Waals surface area contributed by atoms with Crippen LogP contribution in [0.5, 0.6) is 0 Å². The Balaban J connectivity index is 2.75. The van der Waals surface area contributed by atoms with Crippen molar-refractivity contribution in [3.63, 3.8) is 0 Å². The molecular weight excluding hydrogens is 274 g/mol. The second-order valence-corrected chi connectivity index (χ2v) is 5.30. The van der Waals surface area contributed by atoms with Crippen LogP contribution < -0.4 is 5.32 Å². The van der Waals surface area contributed by atoms with E-state index >= 15 is 0 Å². The van der Waals surface area contributed by atoms with Gasteiger partial charge in [0, 0.05) is 26.7 Å². The van der Waals surface area contributed by atoms with Crippen LogP contribution in [0.25, 0.3) is 0 Å². The number of barbiturate groups is 1. The number of urea groups is 1. The standard InChI is InChI=1S/C14H25N3O4/c1-5-14(6-2)11(18)15-13(20)17(12(14)19)8-7-16(3)9-10-21-4/h5-10H2,1-4H3,(H,15,18,20). The maximum absolute atomic E-state index is 12.6. The van der Waals surface area contributed by atoms with Gasteiger partial charge in [-0.3, -0.25) is 19.8 Å². The molecule has 4 amide bonds. The van der Waals surface area contributed by atoms with Crippen molar-refractivity contribution in [3.8, 4) is 0 Å². The van der Waals surface area contributed by atoms with Gasteiger partial charge in [-0.1, -0.05) is 13.8 Å². The van der Waals surface area contributed by atoms with E-state index < -0.39 is 17.4 Å². The number of amides is 4. The molecule has 21 heavy (non-hydrogen) atoms. The number of methoxy groups -OCH3 is 1. The van der Waals surface area contributed by atoms with Crippen LogP contribution in [0.4, 0.5) is 4.79 Å². The molecule has 0 atom stereocenters. The molecule has 7 heteroatoms. The summed E-state index contributed by atoms with van der Waals surface area (Å²) in [5.41, 5.74) is -1.11. The third-order valence-corrected chi connectivity index (χ3v) is 4.14. The molecule has 0 bridgehead atoms. The van der Waals surface area contributed by atoms with Crippen molar-refractivity contribution in [1.29, 1.82) is 0 Å². The summed E-state index contributed by atoms with van der Waals surface area (Å²) in [4.78, 5) is 39.6. The van der Waals surface area contributed by atoms with Crippen molar-refractivity contribution >= 4 is 17.8 Å². The molecule has 1 aliphatic heterocycles. The third kappa shape index (κ3) is 3.59. The molecule has 0 aliphatic carbocycles. The molecule has 7 nitrogen and oxygen atoms in total. The van der Waals surface area contributed by atoms with E-state index in [4.69, 9.17) is 4.74 Å². The van der Waals surface area contributed by atoms with Crippen LogP contribution in [-0.2, 0) is 14.3 Å². The number of imide groups is 2. The molecule has 0 aromatic heterocycles. The second-order valence-electron chi connectivity index (χ2n) is 5.30. The number of carbonyl (C=O) groups excluding carboxylic acids is 3. The Morgan fingerprint density at radius 2 is 1.81 bits per heavy atom. The first-order valence-corrected chi connectivity index (χ1v) is 7.27. The average Bonchev–Trinajstić information content (AvgIpc) is 2.46. The van der Waals surface area contributed by atoms with Crippen LogP contribution in [0.1, 0.15) is 26.7 Å². The van der Waals surface area contributed by atoms with Crippen LogP contribution >= 0.6 is 0 Å². The van der Waals surface area contributed by atoms with Gasteiger partial charge in [0.05, 0.1) is 6.61 Å². The molecule has 0 saturated carbocycles. The molecular formula is C14H25N3O4. The van der Waals surface area contributed by atoms with E-state index in [1.54, 1.807) is 21.0 Å². The molecule has 1 rings (SSSR count). The number of ether oxygens (including phenoxy) is 1. The maximum Gasteiger partial charge on any atom is 0.330 e. The van der Waals surface area contributed by atoms with E-state index in [2.05, 4.69) is 5.32 Å². The zero-order valence-corrected chi connectivity index (χ0v) is 13.3. The summed E-state index contributed by atoms with van der Waals surface area (Å²) in [6, 6.07) is -0.623. The van der Waals surface area contributed by atoms with Gasteiger partial charge in [0.15, 0.2) is 0 Å². The third-order valence-electron chi connectivity index (χ3n) is 4.14.